The third-order valence-electron chi connectivity index (χ3n) is 5.01. The zero-order valence-electron chi connectivity index (χ0n) is 17.3. The van der Waals surface area contributed by atoms with Gasteiger partial charge in [-0.3, -0.25) is 4.90 Å². The molecule has 0 aliphatic carbocycles. The molecule has 154 valence electrons. The Morgan fingerprint density at radius 2 is 1.63 bits per heavy atom. The van der Waals surface area contributed by atoms with Crippen molar-refractivity contribution in [3.8, 4) is 0 Å². The quantitative estimate of drug-likeness (QED) is 0.302. The van der Waals surface area contributed by atoms with Crippen LogP contribution in [0.4, 0.5) is 0 Å². The number of hydrogen-bond donors (Lipinski definition) is 2. The van der Waals surface area contributed by atoms with Crippen molar-refractivity contribution in [1.29, 1.82) is 0 Å². The topological polar surface area (TPSA) is 42.9 Å². The van der Waals surface area contributed by atoms with E-state index in [1.165, 1.54) is 37.1 Å². The number of likely N-dealkylation sites (N-methyl/N-ethyl adjacent to an activating group) is 1. The van der Waals surface area contributed by atoms with Crippen LogP contribution in [-0.2, 0) is 13.1 Å². The first-order valence-corrected chi connectivity index (χ1v) is 10.3. The van der Waals surface area contributed by atoms with Gasteiger partial charge >= 0.3 is 0 Å². The lowest BCUT2D eigenvalue weighted by Crippen LogP contribution is -2.41. The van der Waals surface area contributed by atoms with Crippen molar-refractivity contribution in [3.63, 3.8) is 0 Å². The van der Waals surface area contributed by atoms with Crippen LogP contribution in [0.5, 0.6) is 0 Å². The van der Waals surface area contributed by atoms with Crippen LogP contribution < -0.4 is 10.6 Å². The third kappa shape index (κ3) is 9.25. The minimum absolute atomic E-state index is 0. The number of hydrogen-bond acceptors (Lipinski definition) is 3. The Bertz CT molecular complexity index is 522. The van der Waals surface area contributed by atoms with Gasteiger partial charge in [0.05, 0.1) is 6.54 Å². The maximum atomic E-state index is 4.73. The molecule has 1 aromatic carbocycles. The molecule has 1 saturated heterocycles. The van der Waals surface area contributed by atoms with Crippen molar-refractivity contribution in [1.82, 2.24) is 20.4 Å². The van der Waals surface area contributed by atoms with E-state index in [-0.39, 0.29) is 24.0 Å². The van der Waals surface area contributed by atoms with E-state index >= 15 is 0 Å². The van der Waals surface area contributed by atoms with Crippen LogP contribution in [0.15, 0.2) is 29.3 Å². The molecule has 1 aliphatic rings. The average molecular weight is 487 g/mol. The van der Waals surface area contributed by atoms with E-state index in [4.69, 9.17) is 4.99 Å². The minimum Gasteiger partial charge on any atom is -0.357 e. The molecule has 1 heterocycles. The summed E-state index contributed by atoms with van der Waals surface area (Å²) in [6, 6.07) is 8.94. The van der Waals surface area contributed by atoms with Gasteiger partial charge in [0.15, 0.2) is 5.96 Å². The van der Waals surface area contributed by atoms with E-state index in [0.717, 1.165) is 45.2 Å². The Labute approximate surface area is 183 Å². The van der Waals surface area contributed by atoms with E-state index in [2.05, 4.69) is 65.5 Å². The zero-order chi connectivity index (χ0) is 18.6. The Morgan fingerprint density at radius 3 is 2.22 bits per heavy atom. The molecule has 6 heteroatoms. The molecule has 1 aromatic rings. The van der Waals surface area contributed by atoms with Gasteiger partial charge in [0.1, 0.15) is 0 Å². The summed E-state index contributed by atoms with van der Waals surface area (Å²) in [5.74, 6) is 0.904. The highest BCUT2D eigenvalue weighted by molar-refractivity contribution is 14.0. The number of rotatable bonds is 10. The van der Waals surface area contributed by atoms with E-state index in [1.54, 1.807) is 0 Å². The molecule has 0 saturated carbocycles. The van der Waals surface area contributed by atoms with Crippen LogP contribution in [0.1, 0.15) is 44.7 Å². The van der Waals surface area contributed by atoms with Gasteiger partial charge in [-0.05, 0) is 57.1 Å². The van der Waals surface area contributed by atoms with Crippen molar-refractivity contribution in [2.45, 2.75) is 46.7 Å². The molecule has 2 rings (SSSR count). The number of nitrogens with one attached hydrogen (secondary N) is 2. The largest absolute Gasteiger partial charge is 0.357 e. The number of benzene rings is 1. The Kier molecular flexibility index (Phi) is 12.7. The smallest absolute Gasteiger partial charge is 0.191 e. The highest BCUT2D eigenvalue weighted by atomic mass is 127. The standard InChI is InChI=1S/C21H37N5.HI/c1-4-22-21(23-13-16-25(5-2)6-3)24-17-19-9-11-20(12-10-19)18-26-14-7-8-15-26;/h9-12H,4-8,13-18H2,1-3H3,(H2,22,23,24);1H. The van der Waals surface area contributed by atoms with Crippen molar-refractivity contribution in [3.05, 3.63) is 35.4 Å². The Balaban J connectivity index is 0.00000364. The van der Waals surface area contributed by atoms with Gasteiger partial charge in [-0.15, -0.1) is 24.0 Å². The van der Waals surface area contributed by atoms with Crippen molar-refractivity contribution in [2.75, 3.05) is 45.8 Å². The van der Waals surface area contributed by atoms with E-state index in [9.17, 15) is 0 Å². The van der Waals surface area contributed by atoms with Crippen LogP contribution in [0.25, 0.3) is 0 Å². The lowest BCUT2D eigenvalue weighted by atomic mass is 10.1. The summed E-state index contributed by atoms with van der Waals surface area (Å²) in [4.78, 5) is 9.68. The number of guanidine groups is 1. The minimum atomic E-state index is 0. The Morgan fingerprint density at radius 1 is 1.00 bits per heavy atom. The second-order valence-electron chi connectivity index (χ2n) is 6.95. The molecule has 0 spiro atoms. The highest BCUT2D eigenvalue weighted by Gasteiger charge is 2.11. The molecule has 2 N–H and O–H groups in total. The number of nitrogens with zero attached hydrogens (tertiary/aromatic N) is 3. The molecule has 0 amide bonds. The summed E-state index contributed by atoms with van der Waals surface area (Å²) in [6.45, 7) is 15.8. The summed E-state index contributed by atoms with van der Waals surface area (Å²) in [5, 5.41) is 6.78. The van der Waals surface area contributed by atoms with Crippen LogP contribution in [0.2, 0.25) is 0 Å². The van der Waals surface area contributed by atoms with E-state index in [0.29, 0.717) is 6.54 Å². The van der Waals surface area contributed by atoms with Crippen LogP contribution >= 0.6 is 24.0 Å². The fourth-order valence-electron chi connectivity index (χ4n) is 3.33. The van der Waals surface area contributed by atoms with Crippen molar-refractivity contribution < 1.29 is 0 Å². The van der Waals surface area contributed by atoms with Crippen LogP contribution in [0, 0.1) is 0 Å². The molecular weight excluding hydrogens is 449 g/mol. The van der Waals surface area contributed by atoms with Gasteiger partial charge in [-0.1, -0.05) is 38.1 Å². The molecule has 0 unspecified atom stereocenters. The lowest BCUT2D eigenvalue weighted by molar-refractivity contribution is 0.308. The number of halogens is 1. The molecule has 0 atom stereocenters. The van der Waals surface area contributed by atoms with Crippen LogP contribution in [-0.4, -0.2) is 61.6 Å². The van der Waals surface area contributed by atoms with Crippen LogP contribution in [0.3, 0.4) is 0 Å². The molecule has 27 heavy (non-hydrogen) atoms. The lowest BCUT2D eigenvalue weighted by Gasteiger charge is -2.19. The molecule has 5 nitrogen and oxygen atoms in total. The summed E-state index contributed by atoms with van der Waals surface area (Å²) < 4.78 is 0. The maximum Gasteiger partial charge on any atom is 0.191 e. The maximum absolute atomic E-state index is 4.73. The molecule has 0 aromatic heterocycles. The van der Waals surface area contributed by atoms with Gasteiger partial charge in [0.25, 0.3) is 0 Å². The summed E-state index contributed by atoms with van der Waals surface area (Å²) >= 11 is 0. The first-order chi connectivity index (χ1) is 12.7. The van der Waals surface area contributed by atoms with E-state index in [1.807, 2.05) is 0 Å². The number of aliphatic imine (C=N–C) groups is 1. The first kappa shape index (κ1) is 24.2. The molecule has 1 fully saturated rings. The summed E-state index contributed by atoms with van der Waals surface area (Å²) in [7, 11) is 0. The monoisotopic (exact) mass is 487 g/mol. The van der Waals surface area contributed by atoms with Gasteiger partial charge in [0, 0.05) is 26.2 Å². The normalized spacial score (nSPS) is 15.0. The second-order valence-corrected chi connectivity index (χ2v) is 6.95. The first-order valence-electron chi connectivity index (χ1n) is 10.3. The van der Waals surface area contributed by atoms with Gasteiger partial charge < -0.3 is 15.5 Å². The Hall–Kier alpha value is -0.860. The van der Waals surface area contributed by atoms with Gasteiger partial charge in [-0.25, -0.2) is 4.99 Å². The average Bonchev–Trinajstić information content (AvgIpc) is 3.17. The molecular formula is C21H38IN5. The molecule has 0 radical (unpaired) electrons. The number of likely N-dealkylation sites (tertiary alicyclic amines) is 1. The summed E-state index contributed by atoms with van der Waals surface area (Å²) in [5.41, 5.74) is 2.67. The second kappa shape index (κ2) is 14.2. The molecule has 0 bridgehead atoms. The predicted molar refractivity (Wildman–Crippen MR) is 127 cm³/mol. The fourth-order valence-corrected chi connectivity index (χ4v) is 3.33. The van der Waals surface area contributed by atoms with Crippen molar-refractivity contribution >= 4 is 29.9 Å². The van der Waals surface area contributed by atoms with Gasteiger partial charge in [-0.2, -0.15) is 0 Å². The third-order valence-corrected chi connectivity index (χ3v) is 5.01. The highest BCUT2D eigenvalue weighted by Crippen LogP contribution is 2.13. The van der Waals surface area contributed by atoms with Crippen molar-refractivity contribution in [2.24, 2.45) is 4.99 Å². The zero-order valence-corrected chi connectivity index (χ0v) is 19.7. The fraction of sp³-hybridized carbons (Fsp3) is 0.667. The SMILES string of the molecule is CCNC(=NCc1ccc(CN2CCCC2)cc1)NCCN(CC)CC.I. The van der Waals surface area contributed by atoms with E-state index < -0.39 is 0 Å². The van der Waals surface area contributed by atoms with Gasteiger partial charge in [0.2, 0.25) is 0 Å². The summed E-state index contributed by atoms with van der Waals surface area (Å²) in [6.07, 6.45) is 2.70. The predicted octanol–water partition coefficient (Wildman–Crippen LogP) is 3.30. The molecule has 1 aliphatic heterocycles.